The highest BCUT2D eigenvalue weighted by atomic mass is 32.1. The van der Waals surface area contributed by atoms with Gasteiger partial charge in [-0.05, 0) is 13.3 Å². The van der Waals surface area contributed by atoms with Crippen LogP contribution in [0.3, 0.4) is 0 Å². The molecule has 0 saturated carbocycles. The van der Waals surface area contributed by atoms with E-state index in [4.69, 9.17) is 9.47 Å². The molecule has 1 rings (SSSR count). The first-order valence-electron chi connectivity index (χ1n) is 7.00. The Balaban J connectivity index is 2.65. The first-order chi connectivity index (χ1) is 10.1. The summed E-state index contributed by atoms with van der Waals surface area (Å²) < 4.78 is 9.91. The number of carbonyl (C=O) groups is 2. The van der Waals surface area contributed by atoms with E-state index in [0.29, 0.717) is 38.4 Å². The molecule has 0 aromatic carbocycles. The number of amides is 1. The molecule has 1 aromatic heterocycles. The fraction of sp³-hybridized carbons (Fsp3) is 0.643. The number of ether oxygens (including phenoxy) is 2. The van der Waals surface area contributed by atoms with Crippen LogP contribution in [0.2, 0.25) is 0 Å². The van der Waals surface area contributed by atoms with Gasteiger partial charge in [-0.15, -0.1) is 11.3 Å². The predicted octanol–water partition coefficient (Wildman–Crippen LogP) is 2.09. The molecule has 0 N–H and O–H groups in total. The molecular weight excluding hydrogens is 292 g/mol. The Labute approximate surface area is 129 Å². The van der Waals surface area contributed by atoms with Gasteiger partial charge in [0, 0.05) is 32.1 Å². The summed E-state index contributed by atoms with van der Waals surface area (Å²) in [6.07, 6.45) is 1.22. The molecule has 0 unspecified atom stereocenters. The van der Waals surface area contributed by atoms with Crippen molar-refractivity contribution in [1.29, 1.82) is 0 Å². The zero-order valence-electron chi connectivity index (χ0n) is 12.8. The SMILES string of the molecule is CCOC(=O)c1csc(CN(CCCOC)C(=O)CC)n1. The number of hydrogen-bond acceptors (Lipinski definition) is 6. The smallest absolute Gasteiger partial charge is 0.357 e. The number of rotatable bonds is 9. The van der Waals surface area contributed by atoms with Crippen LogP contribution in [0.1, 0.15) is 42.2 Å². The largest absolute Gasteiger partial charge is 0.461 e. The zero-order valence-corrected chi connectivity index (χ0v) is 13.6. The van der Waals surface area contributed by atoms with Gasteiger partial charge in [0.25, 0.3) is 0 Å². The van der Waals surface area contributed by atoms with Crippen LogP contribution >= 0.6 is 11.3 Å². The number of carbonyl (C=O) groups excluding carboxylic acids is 2. The minimum Gasteiger partial charge on any atom is -0.461 e. The van der Waals surface area contributed by atoms with Gasteiger partial charge in [-0.25, -0.2) is 9.78 Å². The minimum atomic E-state index is -0.423. The van der Waals surface area contributed by atoms with Crippen LogP contribution in [0.25, 0.3) is 0 Å². The standard InChI is InChI=1S/C14H22N2O4S/c1-4-13(17)16(7-6-8-19-3)9-12-15-11(10-21-12)14(18)20-5-2/h10H,4-9H2,1-3H3. The third kappa shape index (κ3) is 5.81. The number of thiazole rings is 1. The molecular formula is C14H22N2O4S. The molecule has 1 aromatic rings. The molecule has 7 heteroatoms. The highest BCUT2D eigenvalue weighted by molar-refractivity contribution is 7.09. The van der Waals surface area contributed by atoms with Crippen LogP contribution in [0.4, 0.5) is 0 Å². The quantitative estimate of drug-likeness (QED) is 0.516. The third-order valence-corrected chi connectivity index (χ3v) is 3.63. The first-order valence-corrected chi connectivity index (χ1v) is 7.88. The van der Waals surface area contributed by atoms with Gasteiger partial charge >= 0.3 is 5.97 Å². The summed E-state index contributed by atoms with van der Waals surface area (Å²) in [5.41, 5.74) is 0.303. The van der Waals surface area contributed by atoms with E-state index in [0.717, 1.165) is 11.4 Å². The van der Waals surface area contributed by atoms with E-state index in [1.54, 1.807) is 24.3 Å². The van der Waals surface area contributed by atoms with Gasteiger partial charge in [0.15, 0.2) is 5.69 Å². The van der Waals surface area contributed by atoms with Crippen molar-refractivity contribution in [2.24, 2.45) is 0 Å². The van der Waals surface area contributed by atoms with E-state index < -0.39 is 5.97 Å². The Kier molecular flexibility index (Phi) is 7.92. The molecule has 0 aliphatic rings. The summed E-state index contributed by atoms with van der Waals surface area (Å²) in [6, 6.07) is 0. The van der Waals surface area contributed by atoms with Crippen molar-refractivity contribution in [2.75, 3.05) is 26.9 Å². The van der Waals surface area contributed by atoms with Crippen molar-refractivity contribution in [2.45, 2.75) is 33.2 Å². The lowest BCUT2D eigenvalue weighted by molar-refractivity contribution is -0.131. The van der Waals surface area contributed by atoms with Gasteiger partial charge in [-0.2, -0.15) is 0 Å². The second kappa shape index (κ2) is 9.46. The molecule has 6 nitrogen and oxygen atoms in total. The molecule has 0 aliphatic carbocycles. The van der Waals surface area contributed by atoms with Crippen molar-refractivity contribution in [3.63, 3.8) is 0 Å². The summed E-state index contributed by atoms with van der Waals surface area (Å²) in [6.45, 7) is 5.55. The molecule has 0 atom stereocenters. The fourth-order valence-corrected chi connectivity index (χ4v) is 2.54. The number of aromatic nitrogens is 1. The fourth-order valence-electron chi connectivity index (χ4n) is 1.76. The van der Waals surface area contributed by atoms with Crippen LogP contribution in [0.15, 0.2) is 5.38 Å². The van der Waals surface area contributed by atoms with Crippen LogP contribution in [0.5, 0.6) is 0 Å². The second-order valence-electron chi connectivity index (χ2n) is 4.36. The summed E-state index contributed by atoms with van der Waals surface area (Å²) in [4.78, 5) is 29.5. The Morgan fingerprint density at radius 1 is 1.38 bits per heavy atom. The molecule has 0 saturated heterocycles. The van der Waals surface area contributed by atoms with Crippen molar-refractivity contribution in [1.82, 2.24) is 9.88 Å². The third-order valence-electron chi connectivity index (χ3n) is 2.79. The van der Waals surface area contributed by atoms with Crippen molar-refractivity contribution in [3.05, 3.63) is 16.1 Å². The molecule has 1 heterocycles. The number of hydrogen-bond donors (Lipinski definition) is 0. The highest BCUT2D eigenvalue weighted by Crippen LogP contribution is 2.14. The molecule has 118 valence electrons. The monoisotopic (exact) mass is 314 g/mol. The number of methoxy groups -OCH3 is 1. The summed E-state index contributed by atoms with van der Waals surface area (Å²) in [7, 11) is 1.64. The van der Waals surface area contributed by atoms with Gasteiger partial charge in [0.05, 0.1) is 13.2 Å². The Hall–Kier alpha value is -1.47. The average Bonchev–Trinajstić information content (AvgIpc) is 2.94. The van der Waals surface area contributed by atoms with Crippen LogP contribution in [0, 0.1) is 0 Å². The number of nitrogens with zero attached hydrogens (tertiary/aromatic N) is 2. The van der Waals surface area contributed by atoms with Gasteiger partial charge in [-0.1, -0.05) is 6.92 Å². The normalized spacial score (nSPS) is 10.4. The van der Waals surface area contributed by atoms with Crippen LogP contribution in [-0.2, 0) is 20.8 Å². The summed E-state index contributed by atoms with van der Waals surface area (Å²) in [5.74, 6) is -0.355. The topological polar surface area (TPSA) is 68.7 Å². The summed E-state index contributed by atoms with van der Waals surface area (Å²) in [5, 5.41) is 2.40. The van der Waals surface area contributed by atoms with E-state index in [9.17, 15) is 9.59 Å². The van der Waals surface area contributed by atoms with Gasteiger partial charge < -0.3 is 14.4 Å². The van der Waals surface area contributed by atoms with E-state index in [2.05, 4.69) is 4.98 Å². The van der Waals surface area contributed by atoms with Gasteiger partial charge in [-0.3, -0.25) is 4.79 Å². The summed E-state index contributed by atoms with van der Waals surface area (Å²) >= 11 is 1.36. The average molecular weight is 314 g/mol. The maximum Gasteiger partial charge on any atom is 0.357 e. The van der Waals surface area contributed by atoms with Gasteiger partial charge in [0.2, 0.25) is 5.91 Å². The predicted molar refractivity (Wildman–Crippen MR) is 80.3 cm³/mol. The maximum absolute atomic E-state index is 11.9. The molecule has 0 bridgehead atoms. The number of esters is 1. The Bertz CT molecular complexity index is 462. The second-order valence-corrected chi connectivity index (χ2v) is 5.30. The molecule has 0 radical (unpaired) electrons. The maximum atomic E-state index is 11.9. The Morgan fingerprint density at radius 2 is 2.14 bits per heavy atom. The van der Waals surface area contributed by atoms with E-state index >= 15 is 0 Å². The first kappa shape index (κ1) is 17.6. The lowest BCUT2D eigenvalue weighted by Crippen LogP contribution is -2.31. The van der Waals surface area contributed by atoms with Crippen molar-refractivity contribution >= 4 is 23.2 Å². The van der Waals surface area contributed by atoms with E-state index in [-0.39, 0.29) is 5.91 Å². The van der Waals surface area contributed by atoms with Gasteiger partial charge in [0.1, 0.15) is 5.01 Å². The lowest BCUT2D eigenvalue weighted by atomic mass is 10.3. The molecule has 21 heavy (non-hydrogen) atoms. The highest BCUT2D eigenvalue weighted by Gasteiger charge is 2.16. The van der Waals surface area contributed by atoms with Crippen LogP contribution < -0.4 is 0 Å². The molecule has 1 amide bonds. The Morgan fingerprint density at radius 3 is 2.76 bits per heavy atom. The van der Waals surface area contributed by atoms with E-state index in [1.807, 2.05) is 6.92 Å². The van der Waals surface area contributed by atoms with E-state index in [1.165, 1.54) is 11.3 Å². The lowest BCUT2D eigenvalue weighted by Gasteiger charge is -2.20. The molecule has 0 fully saturated rings. The van der Waals surface area contributed by atoms with Crippen LogP contribution in [-0.4, -0.2) is 48.6 Å². The van der Waals surface area contributed by atoms with Crippen molar-refractivity contribution in [3.8, 4) is 0 Å². The molecule has 0 spiro atoms. The molecule has 0 aliphatic heterocycles. The minimum absolute atomic E-state index is 0.0685. The zero-order chi connectivity index (χ0) is 15.7. The van der Waals surface area contributed by atoms with Crippen molar-refractivity contribution < 1.29 is 19.1 Å².